The Kier molecular flexibility index (Phi) is 2.80. The van der Waals surface area contributed by atoms with Gasteiger partial charge in [0, 0.05) is 7.11 Å². The van der Waals surface area contributed by atoms with E-state index in [1.54, 1.807) is 0 Å². The van der Waals surface area contributed by atoms with Crippen molar-refractivity contribution in [2.75, 3.05) is 7.11 Å². The molecule has 78 valence electrons. The van der Waals surface area contributed by atoms with Crippen molar-refractivity contribution in [2.45, 2.75) is 13.0 Å². The van der Waals surface area contributed by atoms with Crippen molar-refractivity contribution in [1.29, 1.82) is 0 Å². The van der Waals surface area contributed by atoms with Crippen molar-refractivity contribution in [1.82, 2.24) is 0 Å². The zero-order valence-corrected chi connectivity index (χ0v) is 7.57. The van der Waals surface area contributed by atoms with Gasteiger partial charge in [0.25, 0.3) is 0 Å². The molecule has 0 aromatic heterocycles. The molecule has 0 radical (unpaired) electrons. The summed E-state index contributed by atoms with van der Waals surface area (Å²) in [5.74, 6) is -2.85. The fourth-order valence-corrected chi connectivity index (χ4v) is 0.981. The summed E-state index contributed by atoms with van der Waals surface area (Å²) in [7, 11) is 0.719. The zero-order chi connectivity index (χ0) is 10.9. The van der Waals surface area contributed by atoms with Gasteiger partial charge in [-0.1, -0.05) is 6.07 Å². The number of halogens is 4. The van der Waals surface area contributed by atoms with Gasteiger partial charge in [-0.05, 0) is 18.6 Å². The molecule has 14 heavy (non-hydrogen) atoms. The Bertz CT molecular complexity index is 349. The summed E-state index contributed by atoms with van der Waals surface area (Å²) < 4.78 is 55.3. The van der Waals surface area contributed by atoms with Gasteiger partial charge in [-0.3, -0.25) is 0 Å². The van der Waals surface area contributed by atoms with Crippen LogP contribution in [-0.2, 0) is 10.8 Å². The van der Waals surface area contributed by atoms with Crippen LogP contribution in [0.3, 0.4) is 0 Å². The summed E-state index contributed by atoms with van der Waals surface area (Å²) in [6.07, 6.45) is -3.81. The molecule has 0 aliphatic heterocycles. The van der Waals surface area contributed by atoms with E-state index < -0.39 is 23.3 Å². The number of hydrogen-bond acceptors (Lipinski definition) is 1. The van der Waals surface area contributed by atoms with E-state index in [1.165, 1.54) is 6.92 Å². The summed E-state index contributed by atoms with van der Waals surface area (Å²) in [5, 5.41) is 0. The van der Waals surface area contributed by atoms with E-state index in [2.05, 4.69) is 4.74 Å². The van der Waals surface area contributed by atoms with Gasteiger partial charge in [0.15, 0.2) is 11.6 Å². The van der Waals surface area contributed by atoms with Crippen molar-refractivity contribution in [3.63, 3.8) is 0 Å². The minimum absolute atomic E-state index is 0.0295. The van der Waals surface area contributed by atoms with Crippen LogP contribution < -0.4 is 0 Å². The molecule has 1 rings (SSSR count). The Morgan fingerprint density at radius 3 is 2.21 bits per heavy atom. The summed E-state index contributed by atoms with van der Waals surface area (Å²) in [4.78, 5) is 0. The molecule has 0 unspecified atom stereocenters. The Balaban J connectivity index is 3.31. The van der Waals surface area contributed by atoms with Crippen molar-refractivity contribution < 1.29 is 22.3 Å². The maximum atomic E-state index is 13.0. The largest absolute Gasteiger partial charge is 0.386 e. The summed E-state index contributed by atoms with van der Waals surface area (Å²) in [6.45, 7) is 1.28. The van der Waals surface area contributed by atoms with Crippen molar-refractivity contribution in [3.8, 4) is 0 Å². The number of aryl methyl sites for hydroxylation is 1. The van der Waals surface area contributed by atoms with E-state index in [1.807, 2.05) is 0 Å². The summed E-state index contributed by atoms with van der Waals surface area (Å²) >= 11 is 0. The molecule has 0 fully saturated rings. The van der Waals surface area contributed by atoms with Crippen LogP contribution in [0.1, 0.15) is 11.1 Å². The first-order valence-electron chi connectivity index (χ1n) is 3.78. The number of ether oxygens (including phenoxy) is 1. The molecule has 1 nitrogen and oxygen atoms in total. The predicted molar refractivity (Wildman–Crippen MR) is 42.0 cm³/mol. The lowest BCUT2D eigenvalue weighted by molar-refractivity contribution is -0.233. The highest BCUT2D eigenvalue weighted by Gasteiger charge is 2.36. The van der Waals surface area contributed by atoms with Gasteiger partial charge in [-0.25, -0.2) is 8.78 Å². The average molecular weight is 208 g/mol. The van der Waals surface area contributed by atoms with E-state index in [9.17, 15) is 17.6 Å². The third kappa shape index (κ3) is 1.72. The topological polar surface area (TPSA) is 9.23 Å². The molecule has 1 aromatic rings. The van der Waals surface area contributed by atoms with Gasteiger partial charge in [-0.15, -0.1) is 0 Å². The quantitative estimate of drug-likeness (QED) is 0.679. The Hall–Kier alpha value is -1.10. The molecular weight excluding hydrogens is 200 g/mol. The van der Waals surface area contributed by atoms with Gasteiger partial charge in [-0.2, -0.15) is 8.78 Å². The van der Waals surface area contributed by atoms with E-state index in [0.717, 1.165) is 19.2 Å². The fraction of sp³-hybridized carbons (Fsp3) is 0.333. The molecule has 0 heterocycles. The third-order valence-corrected chi connectivity index (χ3v) is 1.85. The van der Waals surface area contributed by atoms with E-state index in [-0.39, 0.29) is 5.56 Å². The second-order valence-electron chi connectivity index (χ2n) is 2.78. The Morgan fingerprint density at radius 1 is 1.14 bits per heavy atom. The van der Waals surface area contributed by atoms with E-state index in [0.29, 0.717) is 0 Å². The van der Waals surface area contributed by atoms with Gasteiger partial charge >= 0.3 is 6.11 Å². The van der Waals surface area contributed by atoms with Gasteiger partial charge < -0.3 is 4.74 Å². The standard InChI is InChI=1S/C9H8F4O/c1-5-3-4-6(8(11)7(5)10)9(12,13)14-2/h3-4H,1-2H3. The highest BCUT2D eigenvalue weighted by Crippen LogP contribution is 2.32. The molecule has 0 aliphatic rings. The van der Waals surface area contributed by atoms with Crippen LogP contribution in [0, 0.1) is 18.6 Å². The monoisotopic (exact) mass is 208 g/mol. The van der Waals surface area contributed by atoms with Gasteiger partial charge in [0.2, 0.25) is 0 Å². The molecule has 0 N–H and O–H groups in total. The normalized spacial score (nSPS) is 11.9. The molecule has 1 aromatic carbocycles. The van der Waals surface area contributed by atoms with Crippen molar-refractivity contribution >= 4 is 0 Å². The minimum Gasteiger partial charge on any atom is -0.320 e. The van der Waals surface area contributed by atoms with Crippen LogP contribution in [0.15, 0.2) is 12.1 Å². The smallest absolute Gasteiger partial charge is 0.320 e. The van der Waals surface area contributed by atoms with E-state index >= 15 is 0 Å². The number of rotatable bonds is 2. The molecule has 0 saturated carbocycles. The van der Waals surface area contributed by atoms with Gasteiger partial charge in [0.1, 0.15) is 0 Å². The van der Waals surface area contributed by atoms with Crippen molar-refractivity contribution in [3.05, 3.63) is 34.9 Å². The lowest BCUT2D eigenvalue weighted by Crippen LogP contribution is -2.18. The minimum atomic E-state index is -3.81. The molecule has 0 spiro atoms. The highest BCUT2D eigenvalue weighted by molar-refractivity contribution is 5.27. The lowest BCUT2D eigenvalue weighted by Gasteiger charge is -2.15. The van der Waals surface area contributed by atoms with E-state index in [4.69, 9.17) is 0 Å². The van der Waals surface area contributed by atoms with Crippen LogP contribution >= 0.6 is 0 Å². The van der Waals surface area contributed by atoms with Crippen LogP contribution in [0.4, 0.5) is 17.6 Å². The SMILES string of the molecule is COC(F)(F)c1ccc(C)c(F)c1F. The molecule has 0 saturated heterocycles. The van der Waals surface area contributed by atoms with Crippen LogP contribution in [-0.4, -0.2) is 7.11 Å². The molecule has 0 amide bonds. The molecule has 0 atom stereocenters. The lowest BCUT2D eigenvalue weighted by atomic mass is 10.1. The van der Waals surface area contributed by atoms with Crippen molar-refractivity contribution in [2.24, 2.45) is 0 Å². The summed E-state index contributed by atoms with van der Waals surface area (Å²) in [6, 6.07) is 1.87. The first-order valence-corrected chi connectivity index (χ1v) is 3.78. The zero-order valence-electron chi connectivity index (χ0n) is 7.57. The summed E-state index contributed by atoms with van der Waals surface area (Å²) in [5.41, 5.74) is -1.12. The van der Waals surface area contributed by atoms with Crippen LogP contribution in [0.25, 0.3) is 0 Å². The maximum absolute atomic E-state index is 13.0. The fourth-order valence-electron chi connectivity index (χ4n) is 0.981. The van der Waals surface area contributed by atoms with Crippen LogP contribution in [0.2, 0.25) is 0 Å². The molecule has 0 bridgehead atoms. The second-order valence-corrected chi connectivity index (χ2v) is 2.78. The first kappa shape index (κ1) is 11.0. The molecule has 0 aliphatic carbocycles. The Labute approximate surface area is 78.3 Å². The number of methoxy groups -OCH3 is 1. The first-order chi connectivity index (χ1) is 6.40. The Morgan fingerprint density at radius 2 is 1.71 bits per heavy atom. The highest BCUT2D eigenvalue weighted by atomic mass is 19.3. The maximum Gasteiger partial charge on any atom is 0.386 e. The molecule has 5 heteroatoms. The number of benzene rings is 1. The van der Waals surface area contributed by atoms with Crippen LogP contribution in [0.5, 0.6) is 0 Å². The number of alkyl halides is 2. The van der Waals surface area contributed by atoms with Gasteiger partial charge in [0.05, 0.1) is 5.56 Å². The number of hydrogen-bond donors (Lipinski definition) is 0. The second kappa shape index (κ2) is 3.57. The predicted octanol–water partition coefficient (Wildman–Crippen LogP) is 2.97. The molecular formula is C9H8F4O. The third-order valence-electron chi connectivity index (χ3n) is 1.85. The average Bonchev–Trinajstić information content (AvgIpc) is 2.14.